The maximum absolute atomic E-state index is 10.5. The van der Waals surface area contributed by atoms with E-state index in [1.807, 2.05) is 0 Å². The molecule has 2 aromatic carbocycles. The first-order valence-corrected chi connectivity index (χ1v) is 6.28. The largest absolute Gasteiger partial charge is 0.455 e. The molecule has 0 spiro atoms. The van der Waals surface area contributed by atoms with Crippen LogP contribution in [0.4, 0.5) is 11.4 Å². The summed E-state index contributed by atoms with van der Waals surface area (Å²) < 4.78 is 10.9. The Labute approximate surface area is 125 Å². The average Bonchev–Trinajstić information content (AvgIpc) is 2.48. The van der Waals surface area contributed by atoms with E-state index in [9.17, 15) is 20.2 Å². The van der Waals surface area contributed by atoms with E-state index in [1.54, 1.807) is 6.92 Å². The molecule has 8 nitrogen and oxygen atoms in total. The van der Waals surface area contributed by atoms with E-state index in [1.165, 1.54) is 48.5 Å². The van der Waals surface area contributed by atoms with Crippen molar-refractivity contribution in [2.75, 3.05) is 0 Å². The Morgan fingerprint density at radius 2 is 1.09 bits per heavy atom. The second-order valence-corrected chi connectivity index (χ2v) is 4.31. The van der Waals surface area contributed by atoms with Gasteiger partial charge in [-0.3, -0.25) is 20.2 Å². The molecule has 8 heteroatoms. The van der Waals surface area contributed by atoms with Crippen molar-refractivity contribution in [3.05, 3.63) is 68.8 Å². The lowest BCUT2D eigenvalue weighted by Gasteiger charge is -2.16. The summed E-state index contributed by atoms with van der Waals surface area (Å²) >= 11 is 0. The van der Waals surface area contributed by atoms with E-state index in [0.717, 1.165) is 0 Å². The first kappa shape index (κ1) is 15.2. The minimum absolute atomic E-state index is 0.0312. The van der Waals surface area contributed by atoms with E-state index in [-0.39, 0.29) is 11.4 Å². The summed E-state index contributed by atoms with van der Waals surface area (Å²) in [5.74, 6) is 0.833. The van der Waals surface area contributed by atoms with Gasteiger partial charge in [-0.05, 0) is 24.3 Å². The number of nitro benzene ring substituents is 2. The van der Waals surface area contributed by atoms with Crippen LogP contribution in [-0.2, 0) is 0 Å². The van der Waals surface area contributed by atoms with Crippen molar-refractivity contribution in [2.45, 2.75) is 13.2 Å². The molecule has 22 heavy (non-hydrogen) atoms. The standard InChI is InChI=1S/C14H12N2O6/c1-10(21-13-6-2-11(3-7-13)15(17)18)22-14-8-4-12(5-9-14)16(19)20/h2-10H,1H3. The van der Waals surface area contributed by atoms with E-state index in [0.29, 0.717) is 11.5 Å². The van der Waals surface area contributed by atoms with Gasteiger partial charge >= 0.3 is 0 Å². The van der Waals surface area contributed by atoms with Crippen molar-refractivity contribution in [3.63, 3.8) is 0 Å². The number of nitro groups is 2. The van der Waals surface area contributed by atoms with Crippen molar-refractivity contribution in [3.8, 4) is 11.5 Å². The quantitative estimate of drug-likeness (QED) is 0.460. The Kier molecular flexibility index (Phi) is 4.52. The van der Waals surface area contributed by atoms with Crippen LogP contribution in [-0.4, -0.2) is 16.1 Å². The normalized spacial score (nSPS) is 10.3. The summed E-state index contributed by atoms with van der Waals surface area (Å²) in [5.41, 5.74) is -0.0624. The molecular weight excluding hydrogens is 292 g/mol. The molecule has 0 N–H and O–H groups in total. The number of ether oxygens (including phenoxy) is 2. The van der Waals surface area contributed by atoms with E-state index >= 15 is 0 Å². The van der Waals surface area contributed by atoms with Gasteiger partial charge in [-0.15, -0.1) is 0 Å². The van der Waals surface area contributed by atoms with Gasteiger partial charge in [0.05, 0.1) is 9.85 Å². The molecule has 2 aromatic rings. The van der Waals surface area contributed by atoms with Crippen LogP contribution in [0.25, 0.3) is 0 Å². The lowest BCUT2D eigenvalue weighted by molar-refractivity contribution is -0.385. The summed E-state index contributed by atoms with van der Waals surface area (Å²) in [6.45, 7) is 1.64. The highest BCUT2D eigenvalue weighted by molar-refractivity contribution is 5.37. The summed E-state index contributed by atoms with van der Waals surface area (Å²) in [5, 5.41) is 21.1. The topological polar surface area (TPSA) is 105 Å². The van der Waals surface area contributed by atoms with Crippen LogP contribution < -0.4 is 9.47 Å². The number of hydrogen-bond donors (Lipinski definition) is 0. The maximum Gasteiger partial charge on any atom is 0.269 e. The first-order chi connectivity index (χ1) is 10.5. The van der Waals surface area contributed by atoms with Crippen LogP contribution in [0.5, 0.6) is 11.5 Å². The highest BCUT2D eigenvalue weighted by Crippen LogP contribution is 2.21. The first-order valence-electron chi connectivity index (χ1n) is 6.28. The number of benzene rings is 2. The fourth-order valence-electron chi connectivity index (χ4n) is 1.70. The van der Waals surface area contributed by atoms with Crippen LogP contribution in [0.3, 0.4) is 0 Å². The third-order valence-corrected chi connectivity index (χ3v) is 2.70. The van der Waals surface area contributed by atoms with Crippen molar-refractivity contribution in [1.82, 2.24) is 0 Å². The second-order valence-electron chi connectivity index (χ2n) is 4.31. The molecule has 0 heterocycles. The van der Waals surface area contributed by atoms with Crippen LogP contribution in [0.15, 0.2) is 48.5 Å². The zero-order chi connectivity index (χ0) is 16.1. The van der Waals surface area contributed by atoms with Crippen molar-refractivity contribution < 1.29 is 19.3 Å². The SMILES string of the molecule is CC(Oc1ccc([N+](=O)[O-])cc1)Oc1ccc([N+](=O)[O-])cc1. The summed E-state index contributed by atoms with van der Waals surface area (Å²) in [6.07, 6.45) is -0.664. The zero-order valence-corrected chi connectivity index (χ0v) is 11.5. The van der Waals surface area contributed by atoms with Crippen LogP contribution in [0.2, 0.25) is 0 Å². The van der Waals surface area contributed by atoms with Gasteiger partial charge in [0.25, 0.3) is 11.4 Å². The Morgan fingerprint density at radius 3 is 1.36 bits per heavy atom. The molecular formula is C14H12N2O6. The highest BCUT2D eigenvalue weighted by Gasteiger charge is 2.10. The summed E-state index contributed by atoms with van der Waals surface area (Å²) in [4.78, 5) is 20.1. The van der Waals surface area contributed by atoms with Gasteiger partial charge < -0.3 is 9.47 Å². The third kappa shape index (κ3) is 3.92. The lowest BCUT2D eigenvalue weighted by atomic mass is 10.3. The monoisotopic (exact) mass is 304 g/mol. The number of nitrogens with zero attached hydrogens (tertiary/aromatic N) is 2. The Bertz CT molecular complexity index is 609. The third-order valence-electron chi connectivity index (χ3n) is 2.70. The van der Waals surface area contributed by atoms with E-state index < -0.39 is 16.1 Å². The Hall–Kier alpha value is -3.16. The molecule has 0 aliphatic rings. The summed E-state index contributed by atoms with van der Waals surface area (Å²) in [6, 6.07) is 11.2. The lowest BCUT2D eigenvalue weighted by Crippen LogP contribution is -2.19. The van der Waals surface area contributed by atoms with Crippen molar-refractivity contribution in [1.29, 1.82) is 0 Å². The van der Waals surface area contributed by atoms with Gasteiger partial charge in [0.2, 0.25) is 6.29 Å². The number of non-ortho nitro benzene ring substituents is 2. The number of rotatable bonds is 6. The van der Waals surface area contributed by atoms with Crippen molar-refractivity contribution >= 4 is 11.4 Å². The molecule has 2 rings (SSSR count). The molecule has 0 radical (unpaired) electrons. The molecule has 0 bridgehead atoms. The van der Waals surface area contributed by atoms with E-state index in [4.69, 9.17) is 9.47 Å². The fourth-order valence-corrected chi connectivity index (χ4v) is 1.70. The van der Waals surface area contributed by atoms with Gasteiger partial charge in [-0.25, -0.2) is 0 Å². The second kappa shape index (κ2) is 6.53. The van der Waals surface area contributed by atoms with Crippen molar-refractivity contribution in [2.24, 2.45) is 0 Å². The van der Waals surface area contributed by atoms with Gasteiger partial charge in [0, 0.05) is 31.2 Å². The molecule has 114 valence electrons. The molecule has 0 saturated carbocycles. The Morgan fingerprint density at radius 1 is 0.773 bits per heavy atom. The van der Waals surface area contributed by atoms with Crippen LogP contribution in [0.1, 0.15) is 6.92 Å². The van der Waals surface area contributed by atoms with Crippen LogP contribution in [0, 0.1) is 20.2 Å². The predicted molar refractivity (Wildman–Crippen MR) is 76.9 cm³/mol. The molecule has 0 aliphatic heterocycles. The molecule has 0 aromatic heterocycles. The molecule has 0 fully saturated rings. The van der Waals surface area contributed by atoms with Gasteiger partial charge in [-0.1, -0.05) is 0 Å². The Balaban J connectivity index is 1.95. The molecule has 0 unspecified atom stereocenters. The fraction of sp³-hybridized carbons (Fsp3) is 0.143. The molecule has 0 saturated heterocycles. The minimum Gasteiger partial charge on any atom is -0.455 e. The predicted octanol–water partition coefficient (Wildman–Crippen LogP) is 3.31. The highest BCUT2D eigenvalue weighted by atomic mass is 16.7. The average molecular weight is 304 g/mol. The van der Waals surface area contributed by atoms with Gasteiger partial charge in [0.15, 0.2) is 0 Å². The van der Waals surface area contributed by atoms with E-state index in [2.05, 4.69) is 0 Å². The van der Waals surface area contributed by atoms with Gasteiger partial charge in [0.1, 0.15) is 11.5 Å². The number of hydrogen-bond acceptors (Lipinski definition) is 6. The molecule has 0 amide bonds. The summed E-state index contributed by atoms with van der Waals surface area (Å²) in [7, 11) is 0. The maximum atomic E-state index is 10.5. The smallest absolute Gasteiger partial charge is 0.269 e. The molecule has 0 aliphatic carbocycles. The van der Waals surface area contributed by atoms with Gasteiger partial charge in [-0.2, -0.15) is 0 Å². The van der Waals surface area contributed by atoms with Crippen LogP contribution >= 0.6 is 0 Å². The minimum atomic E-state index is -0.664. The zero-order valence-electron chi connectivity index (χ0n) is 11.5. The molecule has 0 atom stereocenters.